The number of carbonyl (C=O) groups excluding carboxylic acids is 1. The van der Waals surface area contributed by atoms with E-state index < -0.39 is 23.3 Å². The van der Waals surface area contributed by atoms with E-state index in [2.05, 4.69) is 10.1 Å². The van der Waals surface area contributed by atoms with Crippen LogP contribution in [0.1, 0.15) is 12.5 Å². The van der Waals surface area contributed by atoms with Gasteiger partial charge in [0.2, 0.25) is 0 Å². The van der Waals surface area contributed by atoms with Gasteiger partial charge in [-0.15, -0.1) is 0 Å². The molecule has 112 valence electrons. The lowest BCUT2D eigenvalue weighted by Crippen LogP contribution is -2.42. The van der Waals surface area contributed by atoms with Gasteiger partial charge in [-0.2, -0.15) is 13.2 Å². The van der Waals surface area contributed by atoms with Gasteiger partial charge in [0.05, 0.1) is 29.9 Å². The average Bonchev–Trinajstić information content (AvgIpc) is 2.35. The van der Waals surface area contributed by atoms with Gasteiger partial charge in [-0.25, -0.2) is 4.79 Å². The zero-order valence-corrected chi connectivity index (χ0v) is 11.5. The molecule has 1 atom stereocenters. The van der Waals surface area contributed by atoms with Crippen molar-refractivity contribution in [3.63, 3.8) is 0 Å². The molecular formula is C12H13ClF3NO3. The summed E-state index contributed by atoms with van der Waals surface area (Å²) in [5.74, 6) is -0.909. The summed E-state index contributed by atoms with van der Waals surface area (Å²) < 4.78 is 42.1. The highest BCUT2D eigenvalue weighted by Crippen LogP contribution is 2.33. The number of hydrogen-bond donors (Lipinski definition) is 2. The van der Waals surface area contributed by atoms with Gasteiger partial charge in [-0.3, -0.25) is 0 Å². The number of halogens is 4. The molecule has 0 bridgehead atoms. The number of carbonyl (C=O) groups is 1. The van der Waals surface area contributed by atoms with Gasteiger partial charge in [-0.1, -0.05) is 11.6 Å². The first kappa shape index (κ1) is 16.6. The van der Waals surface area contributed by atoms with Gasteiger partial charge in [0.1, 0.15) is 0 Å². The maximum Gasteiger partial charge on any atom is 0.416 e. The lowest BCUT2D eigenvalue weighted by molar-refractivity contribution is -0.158. The van der Waals surface area contributed by atoms with E-state index in [9.17, 15) is 23.1 Å². The predicted octanol–water partition coefficient (Wildman–Crippen LogP) is 2.69. The van der Waals surface area contributed by atoms with Crippen molar-refractivity contribution >= 4 is 23.3 Å². The molecule has 0 heterocycles. The van der Waals surface area contributed by atoms with Crippen LogP contribution < -0.4 is 5.32 Å². The number of methoxy groups -OCH3 is 1. The monoisotopic (exact) mass is 311 g/mol. The number of aliphatic hydroxyl groups is 1. The van der Waals surface area contributed by atoms with Gasteiger partial charge < -0.3 is 15.2 Å². The van der Waals surface area contributed by atoms with Gasteiger partial charge >= 0.3 is 12.1 Å². The highest BCUT2D eigenvalue weighted by molar-refractivity contribution is 6.33. The van der Waals surface area contributed by atoms with Crippen LogP contribution in [-0.4, -0.2) is 30.3 Å². The van der Waals surface area contributed by atoms with Crippen molar-refractivity contribution in [2.24, 2.45) is 0 Å². The summed E-state index contributed by atoms with van der Waals surface area (Å²) in [6, 6.07) is 2.72. The zero-order valence-electron chi connectivity index (χ0n) is 10.7. The molecule has 0 aliphatic carbocycles. The van der Waals surface area contributed by atoms with Crippen LogP contribution in [0.4, 0.5) is 18.9 Å². The van der Waals surface area contributed by atoms with E-state index in [1.807, 2.05) is 0 Å². The molecule has 1 unspecified atom stereocenters. The Hall–Kier alpha value is -1.47. The summed E-state index contributed by atoms with van der Waals surface area (Å²) in [5.41, 5.74) is -2.81. The number of nitrogens with one attached hydrogen (secondary N) is 1. The molecule has 1 aromatic carbocycles. The van der Waals surface area contributed by atoms with Crippen LogP contribution in [0.3, 0.4) is 0 Å². The first-order valence-corrected chi connectivity index (χ1v) is 5.87. The van der Waals surface area contributed by atoms with E-state index in [0.717, 1.165) is 25.3 Å². The molecule has 0 amide bonds. The smallest absolute Gasteiger partial charge is 0.416 e. The van der Waals surface area contributed by atoms with Crippen molar-refractivity contribution in [1.29, 1.82) is 0 Å². The van der Waals surface area contributed by atoms with Crippen LogP contribution in [0.15, 0.2) is 18.2 Å². The second-order valence-electron chi connectivity index (χ2n) is 4.31. The molecule has 1 rings (SSSR count). The molecule has 0 saturated carbocycles. The van der Waals surface area contributed by atoms with E-state index >= 15 is 0 Å². The van der Waals surface area contributed by atoms with Crippen LogP contribution in [-0.2, 0) is 15.7 Å². The second kappa shape index (κ2) is 5.88. The standard InChI is InChI=1S/C12H13ClF3NO3/c1-11(19,10(18)20-2)6-17-9-5-7(12(14,15)16)3-4-8(9)13/h3-5,17,19H,6H2,1-2H3. The first-order valence-electron chi connectivity index (χ1n) is 5.49. The van der Waals surface area contributed by atoms with Gasteiger partial charge in [0.25, 0.3) is 0 Å². The fraction of sp³-hybridized carbons (Fsp3) is 0.417. The van der Waals surface area contributed by atoms with Crippen LogP contribution in [0.2, 0.25) is 5.02 Å². The molecule has 1 aromatic rings. The summed E-state index contributed by atoms with van der Waals surface area (Å²) in [6.45, 7) is 0.827. The molecule has 0 aliphatic heterocycles. The Balaban J connectivity index is 2.91. The largest absolute Gasteiger partial charge is 0.467 e. The Kier molecular flexibility index (Phi) is 4.88. The molecule has 0 aliphatic rings. The normalized spacial score (nSPS) is 14.6. The average molecular weight is 312 g/mol. The minimum Gasteiger partial charge on any atom is -0.467 e. The zero-order chi connectivity index (χ0) is 15.6. The van der Waals surface area contributed by atoms with E-state index in [4.69, 9.17) is 11.6 Å². The lowest BCUT2D eigenvalue weighted by atomic mass is 10.1. The number of ether oxygens (including phenoxy) is 1. The van der Waals surface area contributed by atoms with E-state index in [0.29, 0.717) is 0 Å². The van der Waals surface area contributed by atoms with E-state index in [1.165, 1.54) is 6.92 Å². The minimum absolute atomic E-state index is 0.0364. The summed E-state index contributed by atoms with van der Waals surface area (Å²) in [6.07, 6.45) is -4.51. The number of rotatable bonds is 4. The Labute approximate surface area is 118 Å². The van der Waals surface area contributed by atoms with Crippen molar-refractivity contribution < 1.29 is 27.8 Å². The third-order valence-electron chi connectivity index (χ3n) is 2.54. The summed E-state index contributed by atoms with van der Waals surface area (Å²) in [4.78, 5) is 11.2. The number of benzene rings is 1. The Morgan fingerprint density at radius 2 is 2.05 bits per heavy atom. The number of hydrogen-bond acceptors (Lipinski definition) is 4. The molecule has 0 fully saturated rings. The molecular weight excluding hydrogens is 299 g/mol. The SMILES string of the molecule is COC(=O)C(C)(O)CNc1cc(C(F)(F)F)ccc1Cl. The van der Waals surface area contributed by atoms with Crippen molar-refractivity contribution in [3.8, 4) is 0 Å². The van der Waals surface area contributed by atoms with Crippen LogP contribution in [0.25, 0.3) is 0 Å². The van der Waals surface area contributed by atoms with E-state index in [1.54, 1.807) is 0 Å². The second-order valence-corrected chi connectivity index (χ2v) is 4.72. The van der Waals surface area contributed by atoms with Crippen LogP contribution in [0.5, 0.6) is 0 Å². The van der Waals surface area contributed by atoms with Gasteiger partial charge in [0, 0.05) is 0 Å². The van der Waals surface area contributed by atoms with Gasteiger partial charge in [-0.05, 0) is 25.1 Å². The third kappa shape index (κ3) is 4.01. The Morgan fingerprint density at radius 1 is 1.45 bits per heavy atom. The van der Waals surface area contributed by atoms with Crippen LogP contribution in [0, 0.1) is 0 Å². The molecule has 0 spiro atoms. The van der Waals surface area contributed by atoms with Gasteiger partial charge in [0.15, 0.2) is 5.60 Å². The topological polar surface area (TPSA) is 58.6 Å². The molecule has 0 aromatic heterocycles. The number of esters is 1. The number of alkyl halides is 3. The molecule has 0 radical (unpaired) electrons. The molecule has 2 N–H and O–H groups in total. The minimum atomic E-state index is -4.51. The van der Waals surface area contributed by atoms with Crippen LogP contribution >= 0.6 is 11.6 Å². The fourth-order valence-corrected chi connectivity index (χ4v) is 1.58. The lowest BCUT2D eigenvalue weighted by Gasteiger charge is -2.22. The Morgan fingerprint density at radius 3 is 2.55 bits per heavy atom. The molecule has 0 saturated heterocycles. The molecule has 20 heavy (non-hydrogen) atoms. The fourth-order valence-electron chi connectivity index (χ4n) is 1.40. The summed E-state index contributed by atoms with van der Waals surface area (Å²) >= 11 is 5.76. The number of anilines is 1. The third-order valence-corrected chi connectivity index (χ3v) is 2.87. The van der Waals surface area contributed by atoms with Crippen molar-refractivity contribution in [3.05, 3.63) is 28.8 Å². The summed E-state index contributed by atoms with van der Waals surface area (Å²) in [5, 5.41) is 12.3. The first-order chi connectivity index (χ1) is 9.08. The highest BCUT2D eigenvalue weighted by Gasteiger charge is 2.33. The van der Waals surface area contributed by atoms with Crippen molar-refractivity contribution in [2.45, 2.75) is 18.7 Å². The maximum absolute atomic E-state index is 12.6. The highest BCUT2D eigenvalue weighted by atomic mass is 35.5. The predicted molar refractivity (Wildman–Crippen MR) is 67.6 cm³/mol. The quantitative estimate of drug-likeness (QED) is 0.839. The van der Waals surface area contributed by atoms with Crippen molar-refractivity contribution in [1.82, 2.24) is 0 Å². The van der Waals surface area contributed by atoms with Crippen molar-refractivity contribution in [2.75, 3.05) is 19.0 Å². The maximum atomic E-state index is 12.6. The molecule has 4 nitrogen and oxygen atoms in total. The van der Waals surface area contributed by atoms with E-state index in [-0.39, 0.29) is 17.3 Å². The molecule has 8 heteroatoms. The Bertz CT molecular complexity index is 503. The summed E-state index contributed by atoms with van der Waals surface area (Å²) in [7, 11) is 1.09.